The lowest BCUT2D eigenvalue weighted by molar-refractivity contribution is -0.152. The summed E-state index contributed by atoms with van der Waals surface area (Å²) in [6.45, 7) is 3.59. The average molecular weight is 302 g/mol. The fraction of sp³-hybridized carbons (Fsp3) is 0.312. The Kier molecular flexibility index (Phi) is 5.06. The molecule has 6 heteroatoms. The van der Waals surface area contributed by atoms with E-state index in [1.54, 1.807) is 32.0 Å². The van der Waals surface area contributed by atoms with Crippen LogP contribution in [0.1, 0.15) is 23.1 Å². The molecule has 0 saturated heterocycles. The predicted molar refractivity (Wildman–Crippen MR) is 79.7 cm³/mol. The Hall–Kier alpha value is -2.47. The summed E-state index contributed by atoms with van der Waals surface area (Å²) in [5.41, 5.74) is 2.13. The fourth-order valence-corrected chi connectivity index (χ4v) is 2.18. The molecule has 0 aliphatic carbocycles. The van der Waals surface area contributed by atoms with Gasteiger partial charge in [0.2, 0.25) is 6.10 Å². The Labute approximate surface area is 128 Å². The number of methoxy groups -OCH3 is 1. The third-order valence-corrected chi connectivity index (χ3v) is 3.09. The SMILES string of the molecule is COC(c1ccccc1)[C@H](Oc1nc(C)cc(C)n1)C(=O)O. The van der Waals surface area contributed by atoms with Crippen molar-refractivity contribution < 1.29 is 19.4 Å². The van der Waals surface area contributed by atoms with E-state index in [1.807, 2.05) is 18.2 Å². The molecule has 116 valence electrons. The Bertz CT molecular complexity index is 626. The summed E-state index contributed by atoms with van der Waals surface area (Å²) in [5.74, 6) is -1.14. The number of nitrogens with zero attached hydrogens (tertiary/aromatic N) is 2. The van der Waals surface area contributed by atoms with Crippen molar-refractivity contribution in [2.75, 3.05) is 7.11 Å². The zero-order chi connectivity index (χ0) is 16.1. The van der Waals surface area contributed by atoms with Gasteiger partial charge in [0.05, 0.1) is 0 Å². The minimum atomic E-state index is -1.24. The highest BCUT2D eigenvalue weighted by Gasteiger charge is 2.32. The second kappa shape index (κ2) is 7.00. The number of ether oxygens (including phenoxy) is 2. The van der Waals surface area contributed by atoms with Crippen LogP contribution >= 0.6 is 0 Å². The van der Waals surface area contributed by atoms with Crippen molar-refractivity contribution in [2.45, 2.75) is 26.1 Å². The minimum absolute atomic E-state index is 0.0304. The van der Waals surface area contributed by atoms with Crippen molar-refractivity contribution in [3.8, 4) is 6.01 Å². The van der Waals surface area contributed by atoms with Crippen LogP contribution in [0.15, 0.2) is 36.4 Å². The van der Waals surface area contributed by atoms with Crippen LogP contribution in [0.2, 0.25) is 0 Å². The van der Waals surface area contributed by atoms with Gasteiger partial charge in [0.1, 0.15) is 6.10 Å². The van der Waals surface area contributed by atoms with E-state index in [1.165, 1.54) is 7.11 Å². The molecular formula is C16H18N2O4. The standard InChI is InChI=1S/C16H18N2O4/c1-10-9-11(2)18-16(17-10)22-14(15(19)20)13(21-3)12-7-5-4-6-8-12/h4-9,13-14H,1-3H3,(H,19,20)/t13?,14-/m0/s1. The third kappa shape index (κ3) is 3.79. The summed E-state index contributed by atoms with van der Waals surface area (Å²) in [6, 6.07) is 10.9. The number of hydrogen-bond acceptors (Lipinski definition) is 5. The molecule has 2 aromatic rings. The monoisotopic (exact) mass is 302 g/mol. The van der Waals surface area contributed by atoms with Crippen molar-refractivity contribution in [3.05, 3.63) is 53.3 Å². The normalized spacial score (nSPS) is 13.4. The number of carboxylic acids is 1. The first-order valence-electron chi connectivity index (χ1n) is 6.80. The van der Waals surface area contributed by atoms with Crippen molar-refractivity contribution >= 4 is 5.97 Å². The van der Waals surface area contributed by atoms with Gasteiger partial charge in [0.15, 0.2) is 0 Å². The fourth-order valence-electron chi connectivity index (χ4n) is 2.18. The highest BCUT2D eigenvalue weighted by atomic mass is 16.6. The first-order valence-corrected chi connectivity index (χ1v) is 6.80. The molecule has 1 aromatic carbocycles. The number of aromatic nitrogens is 2. The third-order valence-electron chi connectivity index (χ3n) is 3.09. The van der Waals surface area contributed by atoms with E-state index in [0.717, 1.165) is 0 Å². The number of rotatable bonds is 6. The summed E-state index contributed by atoms with van der Waals surface area (Å²) < 4.78 is 10.8. The second-order valence-corrected chi connectivity index (χ2v) is 4.88. The molecule has 22 heavy (non-hydrogen) atoms. The van der Waals surface area contributed by atoms with Gasteiger partial charge in [0, 0.05) is 18.5 Å². The molecule has 0 aliphatic rings. The second-order valence-electron chi connectivity index (χ2n) is 4.88. The van der Waals surface area contributed by atoms with Crippen molar-refractivity contribution in [2.24, 2.45) is 0 Å². The summed E-state index contributed by atoms with van der Waals surface area (Å²) in [4.78, 5) is 19.8. The number of benzene rings is 1. The highest BCUT2D eigenvalue weighted by Crippen LogP contribution is 2.24. The van der Waals surface area contributed by atoms with Crippen LogP contribution in [0.25, 0.3) is 0 Å². The number of carbonyl (C=O) groups is 1. The van der Waals surface area contributed by atoms with Gasteiger partial charge in [-0.1, -0.05) is 30.3 Å². The Morgan fingerprint density at radius 2 is 1.73 bits per heavy atom. The lowest BCUT2D eigenvalue weighted by atomic mass is 10.0. The van der Waals surface area contributed by atoms with E-state index in [-0.39, 0.29) is 6.01 Å². The topological polar surface area (TPSA) is 81.5 Å². The Balaban J connectivity index is 2.31. The van der Waals surface area contributed by atoms with Crippen molar-refractivity contribution in [3.63, 3.8) is 0 Å². The van der Waals surface area contributed by atoms with Gasteiger partial charge in [-0.2, -0.15) is 0 Å². The number of carboxylic acid groups (broad SMARTS) is 1. The van der Waals surface area contributed by atoms with E-state index < -0.39 is 18.2 Å². The first kappa shape index (κ1) is 15.9. The minimum Gasteiger partial charge on any atom is -0.478 e. The molecule has 0 spiro atoms. The first-order chi connectivity index (χ1) is 10.5. The maximum Gasteiger partial charge on any atom is 0.348 e. The number of aliphatic carboxylic acids is 1. The van der Waals surface area contributed by atoms with Gasteiger partial charge in [-0.25, -0.2) is 14.8 Å². The smallest absolute Gasteiger partial charge is 0.348 e. The van der Waals surface area contributed by atoms with Gasteiger partial charge in [-0.3, -0.25) is 0 Å². The Morgan fingerprint density at radius 1 is 1.14 bits per heavy atom. The van der Waals surface area contributed by atoms with Crippen LogP contribution in [-0.4, -0.2) is 34.3 Å². The quantitative estimate of drug-likeness (QED) is 0.882. The largest absolute Gasteiger partial charge is 0.478 e. The molecule has 1 heterocycles. The lowest BCUT2D eigenvalue weighted by Crippen LogP contribution is -2.35. The van der Waals surface area contributed by atoms with E-state index in [0.29, 0.717) is 17.0 Å². The lowest BCUT2D eigenvalue weighted by Gasteiger charge is -2.23. The summed E-state index contributed by atoms with van der Waals surface area (Å²) in [7, 11) is 1.44. The molecule has 2 rings (SSSR count). The number of hydrogen-bond donors (Lipinski definition) is 1. The predicted octanol–water partition coefficient (Wildman–Crippen LogP) is 2.31. The molecule has 1 unspecified atom stereocenters. The molecular weight excluding hydrogens is 284 g/mol. The summed E-state index contributed by atoms with van der Waals surface area (Å²) in [6.07, 6.45) is -2.00. The molecule has 0 amide bonds. The van der Waals surface area contributed by atoms with E-state index in [4.69, 9.17) is 9.47 Å². The molecule has 1 aromatic heterocycles. The van der Waals surface area contributed by atoms with Crippen molar-refractivity contribution in [1.29, 1.82) is 0 Å². The molecule has 0 fully saturated rings. The maximum atomic E-state index is 11.6. The number of aryl methyl sites for hydroxylation is 2. The molecule has 0 aliphatic heterocycles. The Morgan fingerprint density at radius 3 is 2.23 bits per heavy atom. The average Bonchev–Trinajstić information content (AvgIpc) is 2.47. The van der Waals surface area contributed by atoms with Crippen LogP contribution in [0, 0.1) is 13.8 Å². The molecule has 0 radical (unpaired) electrons. The molecule has 1 N–H and O–H groups in total. The van der Waals surface area contributed by atoms with Gasteiger partial charge in [-0.15, -0.1) is 0 Å². The van der Waals surface area contributed by atoms with Crippen LogP contribution < -0.4 is 4.74 Å². The summed E-state index contributed by atoms with van der Waals surface area (Å²) >= 11 is 0. The van der Waals surface area contributed by atoms with Crippen LogP contribution in [0.5, 0.6) is 6.01 Å². The van der Waals surface area contributed by atoms with Gasteiger partial charge in [0.25, 0.3) is 0 Å². The van der Waals surface area contributed by atoms with Crippen LogP contribution in [0.3, 0.4) is 0 Å². The van der Waals surface area contributed by atoms with E-state index in [2.05, 4.69) is 9.97 Å². The van der Waals surface area contributed by atoms with E-state index in [9.17, 15) is 9.90 Å². The molecule has 0 bridgehead atoms. The maximum absolute atomic E-state index is 11.6. The van der Waals surface area contributed by atoms with E-state index >= 15 is 0 Å². The zero-order valence-corrected chi connectivity index (χ0v) is 12.7. The molecule has 2 atom stereocenters. The molecule has 6 nitrogen and oxygen atoms in total. The van der Waals surface area contributed by atoms with Crippen molar-refractivity contribution in [1.82, 2.24) is 9.97 Å². The zero-order valence-electron chi connectivity index (χ0n) is 12.7. The van der Waals surface area contributed by atoms with Crippen LogP contribution in [-0.2, 0) is 9.53 Å². The summed E-state index contributed by atoms with van der Waals surface area (Å²) in [5, 5.41) is 9.48. The van der Waals surface area contributed by atoms with Gasteiger partial charge >= 0.3 is 12.0 Å². The van der Waals surface area contributed by atoms with Gasteiger partial charge in [-0.05, 0) is 25.5 Å². The molecule has 0 saturated carbocycles. The van der Waals surface area contributed by atoms with Gasteiger partial charge < -0.3 is 14.6 Å². The highest BCUT2D eigenvalue weighted by molar-refractivity contribution is 5.73. The van der Waals surface area contributed by atoms with Crippen LogP contribution in [0.4, 0.5) is 0 Å².